The molecule has 0 saturated carbocycles. The number of aromatic amines is 1. The van der Waals surface area contributed by atoms with Crippen molar-refractivity contribution in [2.24, 2.45) is 0 Å². The average Bonchev–Trinajstić information content (AvgIpc) is 3.17. The van der Waals surface area contributed by atoms with Crippen LogP contribution in [0, 0.1) is 12.3 Å². The molecule has 166 valence electrons. The predicted molar refractivity (Wildman–Crippen MR) is 124 cm³/mol. The fraction of sp³-hybridized carbons (Fsp3) is 0.333. The average molecular weight is 450 g/mol. The van der Waals surface area contributed by atoms with Crippen LogP contribution in [-0.2, 0) is 16.4 Å². The molecule has 2 aromatic heterocycles. The molecule has 2 N–H and O–H groups in total. The highest BCUT2D eigenvalue weighted by Gasteiger charge is 2.25. The Kier molecular flexibility index (Phi) is 5.35. The van der Waals surface area contributed by atoms with Crippen LogP contribution in [0.3, 0.4) is 0 Å². The predicted octanol–water partition coefficient (Wildman–Crippen LogP) is 3.62. The Morgan fingerprint density at radius 2 is 1.72 bits per heavy atom. The number of H-pyrrole nitrogens is 1. The summed E-state index contributed by atoms with van der Waals surface area (Å²) in [5.41, 5.74) is 3.05. The smallest absolute Gasteiger partial charge is 0.227 e. The first-order valence-electron chi connectivity index (χ1n) is 11.0. The number of nitrogens with one attached hydrogen (secondary N) is 2. The van der Waals surface area contributed by atoms with E-state index in [0.29, 0.717) is 17.7 Å². The molecular weight excluding hydrogens is 422 g/mol. The second kappa shape index (κ2) is 8.18. The standard InChI is InChI=1S/C24H27N5O2S/c1-17-9-11-18(12-10-17)32(30,31)24-22(25)29(16-15-28-13-5-2-6-14-28)23-21(27-24)19-7-3-4-8-20(19)26-23/h3-4,7-12,25-26H,2,5-6,13-16H2,1H3. The van der Waals surface area contributed by atoms with Crippen molar-refractivity contribution < 1.29 is 8.42 Å². The van der Waals surface area contributed by atoms with Crippen LogP contribution in [0.4, 0.5) is 0 Å². The van der Waals surface area contributed by atoms with Crippen molar-refractivity contribution in [3.63, 3.8) is 0 Å². The topological polar surface area (TPSA) is 94.8 Å². The van der Waals surface area contributed by atoms with E-state index < -0.39 is 9.84 Å². The second-order valence-corrected chi connectivity index (χ2v) is 10.4. The van der Waals surface area contributed by atoms with Crippen molar-refractivity contribution in [2.45, 2.75) is 42.7 Å². The van der Waals surface area contributed by atoms with Crippen molar-refractivity contribution in [3.05, 3.63) is 59.6 Å². The molecule has 0 aliphatic carbocycles. The number of para-hydroxylation sites is 1. The zero-order valence-electron chi connectivity index (χ0n) is 18.1. The maximum atomic E-state index is 13.5. The van der Waals surface area contributed by atoms with E-state index in [1.807, 2.05) is 31.2 Å². The van der Waals surface area contributed by atoms with Crippen molar-refractivity contribution >= 4 is 31.9 Å². The number of benzene rings is 2. The number of aryl methyl sites for hydroxylation is 1. The van der Waals surface area contributed by atoms with Crippen molar-refractivity contribution in [3.8, 4) is 0 Å². The maximum Gasteiger partial charge on any atom is 0.227 e. The van der Waals surface area contributed by atoms with Gasteiger partial charge >= 0.3 is 0 Å². The van der Waals surface area contributed by atoms with E-state index in [2.05, 4.69) is 14.9 Å². The van der Waals surface area contributed by atoms with E-state index in [0.717, 1.165) is 36.1 Å². The molecule has 32 heavy (non-hydrogen) atoms. The lowest BCUT2D eigenvalue weighted by Gasteiger charge is -2.26. The molecule has 3 heterocycles. The third kappa shape index (κ3) is 3.63. The van der Waals surface area contributed by atoms with Gasteiger partial charge in [0.25, 0.3) is 0 Å². The molecule has 0 amide bonds. The molecule has 5 rings (SSSR count). The fourth-order valence-electron chi connectivity index (χ4n) is 4.47. The van der Waals surface area contributed by atoms with Crippen LogP contribution < -0.4 is 5.49 Å². The van der Waals surface area contributed by atoms with Crippen molar-refractivity contribution in [1.82, 2.24) is 19.4 Å². The minimum atomic E-state index is -3.94. The molecular formula is C24H27N5O2S. The number of hydrogen-bond acceptors (Lipinski definition) is 5. The van der Waals surface area contributed by atoms with Crippen molar-refractivity contribution in [1.29, 1.82) is 5.41 Å². The molecule has 0 unspecified atom stereocenters. The highest BCUT2D eigenvalue weighted by atomic mass is 32.2. The maximum absolute atomic E-state index is 13.5. The van der Waals surface area contributed by atoms with E-state index in [4.69, 9.17) is 5.41 Å². The monoisotopic (exact) mass is 449 g/mol. The molecule has 1 aliphatic heterocycles. The Bertz CT molecular complexity index is 1450. The summed E-state index contributed by atoms with van der Waals surface area (Å²) in [6.45, 7) is 5.31. The van der Waals surface area contributed by atoms with Gasteiger partial charge in [0.15, 0.2) is 5.49 Å². The molecule has 0 atom stereocenters. The third-order valence-corrected chi connectivity index (χ3v) is 7.98. The summed E-state index contributed by atoms with van der Waals surface area (Å²) >= 11 is 0. The highest BCUT2D eigenvalue weighted by molar-refractivity contribution is 7.91. The summed E-state index contributed by atoms with van der Waals surface area (Å²) in [5, 5.41) is 9.51. The van der Waals surface area contributed by atoms with Gasteiger partial charge in [-0.15, -0.1) is 0 Å². The summed E-state index contributed by atoms with van der Waals surface area (Å²) in [6, 6.07) is 14.4. The molecule has 0 spiro atoms. The number of hydrogen-bond donors (Lipinski definition) is 2. The molecule has 1 saturated heterocycles. The Hall–Kier alpha value is -2.97. The summed E-state index contributed by atoms with van der Waals surface area (Å²) in [6.07, 6.45) is 3.63. The Labute approximate surface area is 187 Å². The zero-order chi connectivity index (χ0) is 22.3. The largest absolute Gasteiger partial charge is 0.339 e. The molecule has 1 fully saturated rings. The number of sulfone groups is 1. The van der Waals surface area contributed by atoms with Crippen LogP contribution in [0.2, 0.25) is 0 Å². The number of likely N-dealkylation sites (tertiary alicyclic amines) is 1. The molecule has 2 aromatic carbocycles. The molecule has 7 nitrogen and oxygen atoms in total. The van der Waals surface area contributed by atoms with Crippen LogP contribution in [0.5, 0.6) is 0 Å². The van der Waals surface area contributed by atoms with Gasteiger partial charge in [-0.1, -0.05) is 42.3 Å². The van der Waals surface area contributed by atoms with Crippen LogP contribution in [-0.4, -0.2) is 47.5 Å². The van der Waals surface area contributed by atoms with E-state index in [9.17, 15) is 8.42 Å². The summed E-state index contributed by atoms with van der Waals surface area (Å²) in [4.78, 5) is 10.5. The normalized spacial score (nSPS) is 15.5. The molecule has 0 radical (unpaired) electrons. The minimum absolute atomic E-state index is 0.0818. The van der Waals surface area contributed by atoms with Gasteiger partial charge in [-0.25, -0.2) is 13.4 Å². The number of fused-ring (bicyclic) bond motifs is 3. The van der Waals surface area contributed by atoms with Crippen LogP contribution >= 0.6 is 0 Å². The van der Waals surface area contributed by atoms with Crippen molar-refractivity contribution in [2.75, 3.05) is 19.6 Å². The second-order valence-electron chi connectivity index (χ2n) is 8.50. The summed E-state index contributed by atoms with van der Waals surface area (Å²) in [7, 11) is -3.94. The van der Waals surface area contributed by atoms with Gasteiger partial charge in [0.2, 0.25) is 14.9 Å². The van der Waals surface area contributed by atoms with E-state index >= 15 is 0 Å². The lowest BCUT2D eigenvalue weighted by molar-refractivity contribution is 0.220. The minimum Gasteiger partial charge on any atom is -0.339 e. The van der Waals surface area contributed by atoms with Gasteiger partial charge in [-0.2, -0.15) is 0 Å². The quantitative estimate of drug-likeness (QED) is 0.486. The molecule has 8 heteroatoms. The van der Waals surface area contributed by atoms with Gasteiger partial charge in [0, 0.05) is 24.0 Å². The fourth-order valence-corrected chi connectivity index (χ4v) is 5.76. The number of nitrogens with zero attached hydrogens (tertiary/aromatic N) is 3. The lowest BCUT2D eigenvalue weighted by atomic mass is 10.1. The number of piperidine rings is 1. The first-order valence-corrected chi connectivity index (χ1v) is 12.5. The highest BCUT2D eigenvalue weighted by Crippen LogP contribution is 2.25. The molecule has 1 aliphatic rings. The van der Waals surface area contributed by atoms with E-state index in [1.54, 1.807) is 28.8 Å². The van der Waals surface area contributed by atoms with Crippen LogP contribution in [0.25, 0.3) is 22.1 Å². The first-order chi connectivity index (χ1) is 15.4. The van der Waals surface area contributed by atoms with Gasteiger partial charge < -0.3 is 14.5 Å². The number of aromatic nitrogens is 3. The Balaban J connectivity index is 1.69. The summed E-state index contributed by atoms with van der Waals surface area (Å²) in [5.74, 6) is 0. The summed E-state index contributed by atoms with van der Waals surface area (Å²) < 4.78 is 28.8. The van der Waals surface area contributed by atoms with Gasteiger partial charge in [-0.3, -0.25) is 5.41 Å². The van der Waals surface area contributed by atoms with E-state index in [-0.39, 0.29) is 15.4 Å². The van der Waals surface area contributed by atoms with Gasteiger partial charge in [0.1, 0.15) is 11.2 Å². The molecule has 4 aromatic rings. The Morgan fingerprint density at radius 3 is 2.47 bits per heavy atom. The van der Waals surface area contributed by atoms with Crippen LogP contribution in [0.1, 0.15) is 24.8 Å². The van der Waals surface area contributed by atoms with Gasteiger partial charge in [-0.05, 0) is 51.1 Å². The van der Waals surface area contributed by atoms with E-state index in [1.165, 1.54) is 19.3 Å². The van der Waals surface area contributed by atoms with Gasteiger partial charge in [0.05, 0.1) is 4.90 Å². The van der Waals surface area contributed by atoms with Crippen LogP contribution in [0.15, 0.2) is 58.5 Å². The number of rotatable bonds is 5. The molecule has 0 bridgehead atoms. The lowest BCUT2D eigenvalue weighted by Crippen LogP contribution is -2.36. The third-order valence-electron chi connectivity index (χ3n) is 6.29. The zero-order valence-corrected chi connectivity index (χ0v) is 19.0. The first kappa shape index (κ1) is 20.9. The Morgan fingerprint density at radius 1 is 1.00 bits per heavy atom. The SMILES string of the molecule is Cc1ccc(S(=O)(=O)c2nc3c4ccccc4[nH]c3n(CCN3CCCCC3)c2=N)cc1.